The van der Waals surface area contributed by atoms with Gasteiger partial charge in [0.25, 0.3) is 0 Å². The largest absolute Gasteiger partial charge is 0.394 e. The van der Waals surface area contributed by atoms with Crippen LogP contribution >= 0.6 is 0 Å². The fourth-order valence-electron chi connectivity index (χ4n) is 8.07. The van der Waals surface area contributed by atoms with Gasteiger partial charge in [0.2, 0.25) is 5.91 Å². The number of aliphatic hydroxyl groups excluding tert-OH is 5. The molecule has 9 nitrogen and oxygen atoms in total. The van der Waals surface area contributed by atoms with E-state index in [1.165, 1.54) is 167 Å². The zero-order valence-electron chi connectivity index (χ0n) is 39.4. The molecule has 0 aromatic rings. The first-order valence-electron chi connectivity index (χ1n) is 25.7. The first kappa shape index (κ1) is 57.4. The van der Waals surface area contributed by atoms with Gasteiger partial charge in [0, 0.05) is 6.42 Å². The van der Waals surface area contributed by atoms with Gasteiger partial charge < -0.3 is 40.3 Å². The summed E-state index contributed by atoms with van der Waals surface area (Å²) < 4.78 is 11.2. The maximum atomic E-state index is 13.0. The highest BCUT2D eigenvalue weighted by Gasteiger charge is 2.44. The number of ether oxygens (including phenoxy) is 2. The van der Waals surface area contributed by atoms with Crippen LogP contribution in [0.15, 0.2) is 36.5 Å². The number of aliphatic hydroxyl groups is 5. The Hall–Kier alpha value is -1.59. The monoisotopic (exact) mass is 864 g/mol. The first-order valence-corrected chi connectivity index (χ1v) is 25.7. The minimum absolute atomic E-state index is 0.179. The number of rotatable bonds is 43. The number of unbranched alkanes of at least 4 members (excludes halogenated alkanes) is 29. The van der Waals surface area contributed by atoms with Crippen molar-refractivity contribution >= 4 is 5.91 Å². The summed E-state index contributed by atoms with van der Waals surface area (Å²) in [5.41, 5.74) is 0. The predicted octanol–water partition coefficient (Wildman–Crippen LogP) is 11.6. The summed E-state index contributed by atoms with van der Waals surface area (Å²) in [5, 5.41) is 54.3. The fraction of sp³-hybridized carbons (Fsp3) is 0.865. The Labute approximate surface area is 374 Å². The zero-order valence-corrected chi connectivity index (χ0v) is 39.4. The average molecular weight is 864 g/mol. The molecule has 61 heavy (non-hydrogen) atoms. The molecule has 0 aromatic carbocycles. The van der Waals surface area contributed by atoms with E-state index in [0.29, 0.717) is 6.42 Å². The predicted molar refractivity (Wildman–Crippen MR) is 253 cm³/mol. The molecule has 1 heterocycles. The van der Waals surface area contributed by atoms with Crippen molar-refractivity contribution in [1.29, 1.82) is 0 Å². The second-order valence-corrected chi connectivity index (χ2v) is 18.0. The lowest BCUT2D eigenvalue weighted by Crippen LogP contribution is -2.60. The molecule has 6 N–H and O–H groups in total. The third-order valence-corrected chi connectivity index (χ3v) is 12.2. The third kappa shape index (κ3) is 32.7. The van der Waals surface area contributed by atoms with Gasteiger partial charge in [-0.05, 0) is 51.4 Å². The lowest BCUT2D eigenvalue weighted by atomic mass is 9.99. The van der Waals surface area contributed by atoms with E-state index in [1.807, 2.05) is 6.08 Å². The van der Waals surface area contributed by atoms with E-state index in [-0.39, 0.29) is 12.5 Å². The van der Waals surface area contributed by atoms with Crippen molar-refractivity contribution in [1.82, 2.24) is 5.32 Å². The summed E-state index contributed by atoms with van der Waals surface area (Å²) >= 11 is 0. The van der Waals surface area contributed by atoms with E-state index in [1.54, 1.807) is 6.08 Å². The number of carbonyl (C=O) groups excluding carboxylic acids is 1. The van der Waals surface area contributed by atoms with Crippen LogP contribution < -0.4 is 5.32 Å². The van der Waals surface area contributed by atoms with Crippen LogP contribution in [-0.2, 0) is 14.3 Å². The van der Waals surface area contributed by atoms with E-state index in [2.05, 4.69) is 43.5 Å². The van der Waals surface area contributed by atoms with Gasteiger partial charge in [-0.1, -0.05) is 211 Å². The average Bonchev–Trinajstić information content (AvgIpc) is 3.26. The first-order chi connectivity index (χ1) is 29.8. The molecule has 0 aromatic heterocycles. The van der Waals surface area contributed by atoms with Crippen LogP contribution in [0.25, 0.3) is 0 Å². The highest BCUT2D eigenvalue weighted by Crippen LogP contribution is 2.23. The van der Waals surface area contributed by atoms with Gasteiger partial charge in [-0.25, -0.2) is 0 Å². The van der Waals surface area contributed by atoms with Crippen LogP contribution in [0.5, 0.6) is 0 Å². The van der Waals surface area contributed by atoms with Gasteiger partial charge in [-0.15, -0.1) is 0 Å². The highest BCUT2D eigenvalue weighted by molar-refractivity contribution is 5.76. The van der Waals surface area contributed by atoms with E-state index in [4.69, 9.17) is 9.47 Å². The second-order valence-electron chi connectivity index (χ2n) is 18.0. The molecular weight excluding hydrogens is 767 g/mol. The standard InChI is InChI=1S/C52H97NO8/c1-3-5-7-9-11-13-15-17-19-20-21-22-23-24-25-26-28-30-32-34-36-38-40-42-48(56)53-45(44-60-52-51(59)50(58)49(57)47(43-54)61-52)46(55)41-39-37-35-33-31-29-27-18-16-14-12-10-8-6-4-2/h15,17,20-21,39,41,45-47,49-52,54-55,57-59H,3-14,16,18-19,22-38,40,42-44H2,1-2H3,(H,53,56)/b17-15-,21-20-,41-39+. The normalized spacial score (nSPS) is 20.7. The van der Waals surface area contributed by atoms with Crippen molar-refractivity contribution in [3.63, 3.8) is 0 Å². The number of carbonyl (C=O) groups is 1. The Morgan fingerprint density at radius 3 is 1.41 bits per heavy atom. The van der Waals surface area contributed by atoms with E-state index in [9.17, 15) is 30.3 Å². The molecule has 1 fully saturated rings. The van der Waals surface area contributed by atoms with Gasteiger partial charge in [0.15, 0.2) is 6.29 Å². The fourth-order valence-corrected chi connectivity index (χ4v) is 8.07. The molecule has 0 aliphatic carbocycles. The highest BCUT2D eigenvalue weighted by atomic mass is 16.7. The molecule has 0 saturated carbocycles. The van der Waals surface area contributed by atoms with Crippen LogP contribution in [0.3, 0.4) is 0 Å². The summed E-state index contributed by atoms with van der Waals surface area (Å²) in [7, 11) is 0. The van der Waals surface area contributed by atoms with Crippen molar-refractivity contribution in [3.05, 3.63) is 36.5 Å². The SMILES string of the molecule is CCCCCCC/C=C\C/C=C\CCCCCCCCCCCCCC(=O)NC(COC1OC(CO)C(O)C(O)C1O)C(O)/C=C/CCCCCCCCCCCCCCC. The molecule has 9 heteroatoms. The number of hydrogen-bond acceptors (Lipinski definition) is 8. The Bertz CT molecular complexity index is 1050. The molecule has 7 unspecified atom stereocenters. The maximum Gasteiger partial charge on any atom is 0.220 e. The van der Waals surface area contributed by atoms with E-state index < -0.39 is 49.5 Å². The Kier molecular flexibility index (Phi) is 39.9. The van der Waals surface area contributed by atoms with Crippen LogP contribution in [0.1, 0.15) is 232 Å². The molecular formula is C52H97NO8. The van der Waals surface area contributed by atoms with Gasteiger partial charge >= 0.3 is 0 Å². The van der Waals surface area contributed by atoms with Crippen molar-refractivity contribution in [3.8, 4) is 0 Å². The molecule has 1 amide bonds. The molecule has 1 aliphatic heterocycles. The topological polar surface area (TPSA) is 149 Å². The number of allylic oxidation sites excluding steroid dienone is 5. The van der Waals surface area contributed by atoms with Crippen LogP contribution in [-0.4, -0.2) is 87.5 Å². The molecule has 0 radical (unpaired) electrons. The minimum atomic E-state index is -1.57. The molecule has 0 bridgehead atoms. The molecule has 1 aliphatic rings. The summed E-state index contributed by atoms with van der Waals surface area (Å²) in [4.78, 5) is 13.0. The van der Waals surface area contributed by atoms with Gasteiger partial charge in [-0.2, -0.15) is 0 Å². The lowest BCUT2D eigenvalue weighted by molar-refractivity contribution is -0.302. The lowest BCUT2D eigenvalue weighted by Gasteiger charge is -2.40. The smallest absolute Gasteiger partial charge is 0.220 e. The van der Waals surface area contributed by atoms with Gasteiger partial charge in [0.05, 0.1) is 25.4 Å². The summed E-state index contributed by atoms with van der Waals surface area (Å²) in [6, 6.07) is -0.804. The number of amides is 1. The molecule has 0 spiro atoms. The molecule has 1 saturated heterocycles. The summed E-state index contributed by atoms with van der Waals surface area (Å²) in [6.07, 6.45) is 46.2. The number of nitrogens with one attached hydrogen (secondary N) is 1. The maximum absolute atomic E-state index is 13.0. The van der Waals surface area contributed by atoms with Crippen LogP contribution in [0.4, 0.5) is 0 Å². The Morgan fingerprint density at radius 1 is 0.557 bits per heavy atom. The van der Waals surface area contributed by atoms with Gasteiger partial charge in [-0.3, -0.25) is 4.79 Å². The third-order valence-electron chi connectivity index (χ3n) is 12.2. The van der Waals surface area contributed by atoms with Crippen molar-refractivity contribution in [2.24, 2.45) is 0 Å². The van der Waals surface area contributed by atoms with Crippen molar-refractivity contribution in [2.75, 3.05) is 13.2 Å². The number of hydrogen-bond donors (Lipinski definition) is 6. The van der Waals surface area contributed by atoms with Gasteiger partial charge in [0.1, 0.15) is 24.4 Å². The zero-order chi connectivity index (χ0) is 44.4. The quantitative estimate of drug-likeness (QED) is 0.0262. The Morgan fingerprint density at radius 2 is 0.967 bits per heavy atom. The van der Waals surface area contributed by atoms with E-state index in [0.717, 1.165) is 44.9 Å². The van der Waals surface area contributed by atoms with Crippen molar-refractivity contribution < 1.29 is 39.8 Å². The molecule has 1 rings (SSSR count). The minimum Gasteiger partial charge on any atom is -0.394 e. The van der Waals surface area contributed by atoms with Crippen LogP contribution in [0.2, 0.25) is 0 Å². The molecule has 7 atom stereocenters. The second kappa shape index (κ2) is 42.4. The van der Waals surface area contributed by atoms with Crippen LogP contribution in [0, 0.1) is 0 Å². The van der Waals surface area contributed by atoms with E-state index >= 15 is 0 Å². The molecule has 358 valence electrons. The summed E-state index contributed by atoms with van der Waals surface area (Å²) in [6.45, 7) is 3.77. The van der Waals surface area contributed by atoms with Crippen molar-refractivity contribution in [2.45, 2.75) is 275 Å². The summed E-state index contributed by atoms with van der Waals surface area (Å²) in [5.74, 6) is -0.179. The Balaban J connectivity index is 2.27.